The average Bonchev–Trinajstić information content (AvgIpc) is 3.03. The number of nitrogens with zero attached hydrogens (tertiary/aromatic N) is 1. The van der Waals surface area contributed by atoms with Crippen molar-refractivity contribution in [3.63, 3.8) is 0 Å². The van der Waals surface area contributed by atoms with Crippen LogP contribution in [0.1, 0.15) is 19.3 Å². The third kappa shape index (κ3) is 3.48. The number of nitrogens with one attached hydrogen (secondary N) is 2. The lowest BCUT2D eigenvalue weighted by Gasteiger charge is -2.18. The summed E-state index contributed by atoms with van der Waals surface area (Å²) in [5, 5.41) is 11.1. The minimum Gasteiger partial charge on any atom is -0.310 e. The Hall–Kier alpha value is -0.880. The molecule has 0 bridgehead atoms. The van der Waals surface area contributed by atoms with E-state index in [1.165, 1.54) is 0 Å². The lowest BCUT2D eigenvalue weighted by Crippen LogP contribution is -2.38. The van der Waals surface area contributed by atoms with Gasteiger partial charge in [-0.25, -0.2) is 19.0 Å². The second-order valence-electron chi connectivity index (χ2n) is 4.61. The van der Waals surface area contributed by atoms with Gasteiger partial charge >= 0.3 is 5.69 Å². The van der Waals surface area contributed by atoms with Crippen LogP contribution in [-0.4, -0.2) is 30.9 Å². The fourth-order valence-corrected chi connectivity index (χ4v) is 5.92. The zero-order valence-electron chi connectivity index (χ0n) is 11.2. The minimum absolute atomic E-state index is 0.0215. The molecular formula is C10H16N4O4S3. The number of sulfonamides is 1. The normalized spacial score (nSPS) is 22.4. The Kier molecular flexibility index (Phi) is 5.09. The van der Waals surface area contributed by atoms with Gasteiger partial charge < -0.3 is 5.43 Å². The van der Waals surface area contributed by atoms with Gasteiger partial charge in [-0.15, -0.1) is 0 Å². The second-order valence-corrected chi connectivity index (χ2v) is 8.68. The van der Waals surface area contributed by atoms with Gasteiger partial charge in [0, 0.05) is 17.4 Å². The van der Waals surface area contributed by atoms with E-state index in [1.54, 1.807) is 11.8 Å². The van der Waals surface area contributed by atoms with Crippen molar-refractivity contribution in [2.24, 2.45) is 5.84 Å². The van der Waals surface area contributed by atoms with Gasteiger partial charge in [-0.3, -0.25) is 10.1 Å². The smallest absolute Gasteiger partial charge is 0.306 e. The number of nitro groups is 1. The highest BCUT2D eigenvalue weighted by Gasteiger charge is 2.33. The number of hydrogen-bond donors (Lipinski definition) is 3. The first kappa shape index (κ1) is 16.5. The van der Waals surface area contributed by atoms with Gasteiger partial charge in [0.1, 0.15) is 4.21 Å². The van der Waals surface area contributed by atoms with Gasteiger partial charge in [-0.1, -0.05) is 17.8 Å². The molecule has 1 saturated carbocycles. The summed E-state index contributed by atoms with van der Waals surface area (Å²) in [4.78, 5) is 10.2. The molecule has 1 fully saturated rings. The van der Waals surface area contributed by atoms with Crippen LogP contribution in [0.15, 0.2) is 10.3 Å². The number of rotatable bonds is 6. The van der Waals surface area contributed by atoms with E-state index in [2.05, 4.69) is 10.1 Å². The van der Waals surface area contributed by atoms with Crippen molar-refractivity contribution in [3.8, 4) is 0 Å². The van der Waals surface area contributed by atoms with Crippen molar-refractivity contribution in [1.29, 1.82) is 0 Å². The molecule has 0 radical (unpaired) electrons. The Labute approximate surface area is 130 Å². The summed E-state index contributed by atoms with van der Waals surface area (Å²) in [6, 6.07) is 0.894. The summed E-state index contributed by atoms with van der Waals surface area (Å²) in [5.41, 5.74) is 1.83. The summed E-state index contributed by atoms with van der Waals surface area (Å²) in [6.45, 7) is 0. The van der Waals surface area contributed by atoms with Crippen LogP contribution < -0.4 is 16.0 Å². The van der Waals surface area contributed by atoms with Gasteiger partial charge in [-0.05, 0) is 19.1 Å². The summed E-state index contributed by atoms with van der Waals surface area (Å²) in [7, 11) is -3.78. The number of nitrogens with two attached hydrogens (primary N) is 1. The molecule has 8 nitrogen and oxygen atoms in total. The van der Waals surface area contributed by atoms with E-state index in [1.807, 2.05) is 6.26 Å². The van der Waals surface area contributed by atoms with Crippen LogP contribution in [0.4, 0.5) is 10.7 Å². The van der Waals surface area contributed by atoms with E-state index in [-0.39, 0.29) is 26.2 Å². The molecule has 0 amide bonds. The molecule has 0 saturated heterocycles. The maximum absolute atomic E-state index is 12.4. The Bertz CT molecular complexity index is 630. The molecular weight excluding hydrogens is 336 g/mol. The molecule has 11 heteroatoms. The molecule has 0 aromatic carbocycles. The molecule has 0 aliphatic heterocycles. The highest BCUT2D eigenvalue weighted by Crippen LogP contribution is 2.37. The van der Waals surface area contributed by atoms with Gasteiger partial charge in [0.2, 0.25) is 0 Å². The molecule has 1 aromatic heterocycles. The van der Waals surface area contributed by atoms with Crippen LogP contribution >= 0.6 is 23.1 Å². The Balaban J connectivity index is 2.25. The summed E-state index contributed by atoms with van der Waals surface area (Å²) in [5.74, 6) is 5.19. The topological polar surface area (TPSA) is 127 Å². The quantitative estimate of drug-likeness (QED) is 0.402. The monoisotopic (exact) mass is 352 g/mol. The number of thioether (sulfide) groups is 1. The van der Waals surface area contributed by atoms with Crippen LogP contribution in [0.3, 0.4) is 0 Å². The van der Waals surface area contributed by atoms with E-state index in [0.29, 0.717) is 0 Å². The molecule has 2 rings (SSSR count). The van der Waals surface area contributed by atoms with Crippen molar-refractivity contribution in [2.75, 3.05) is 11.7 Å². The van der Waals surface area contributed by atoms with Gasteiger partial charge in [0.05, 0.1) is 4.92 Å². The molecule has 1 heterocycles. The van der Waals surface area contributed by atoms with E-state index >= 15 is 0 Å². The first-order chi connectivity index (χ1) is 9.89. The molecule has 118 valence electrons. The molecule has 2 atom stereocenters. The molecule has 1 aliphatic rings. The predicted molar refractivity (Wildman–Crippen MR) is 84.0 cm³/mol. The number of hydrogen-bond acceptors (Lipinski definition) is 8. The first-order valence-electron chi connectivity index (χ1n) is 6.19. The second kappa shape index (κ2) is 6.48. The third-order valence-corrected chi connectivity index (χ3v) is 7.53. The number of thiophene rings is 1. The Morgan fingerprint density at radius 3 is 2.76 bits per heavy atom. The maximum atomic E-state index is 12.4. The molecule has 4 N–H and O–H groups in total. The fraction of sp³-hybridized carbons (Fsp3) is 0.600. The third-order valence-electron chi connectivity index (χ3n) is 3.34. The van der Waals surface area contributed by atoms with Crippen molar-refractivity contribution >= 4 is 43.8 Å². The van der Waals surface area contributed by atoms with Crippen LogP contribution in [0.25, 0.3) is 0 Å². The highest BCUT2D eigenvalue weighted by atomic mass is 32.2. The molecule has 1 aliphatic carbocycles. The summed E-state index contributed by atoms with van der Waals surface area (Å²) >= 11 is 2.38. The van der Waals surface area contributed by atoms with Gasteiger partial charge in [0.25, 0.3) is 10.0 Å². The van der Waals surface area contributed by atoms with Crippen LogP contribution in [-0.2, 0) is 10.0 Å². The van der Waals surface area contributed by atoms with E-state index in [0.717, 1.165) is 36.7 Å². The Morgan fingerprint density at radius 1 is 1.52 bits per heavy atom. The van der Waals surface area contributed by atoms with E-state index < -0.39 is 14.9 Å². The maximum Gasteiger partial charge on any atom is 0.306 e. The Morgan fingerprint density at radius 2 is 2.24 bits per heavy atom. The number of anilines is 1. The van der Waals surface area contributed by atoms with Crippen molar-refractivity contribution < 1.29 is 13.3 Å². The minimum atomic E-state index is -3.78. The zero-order valence-corrected chi connectivity index (χ0v) is 13.7. The SMILES string of the molecule is CSC1CCCC1NS(=O)(=O)c1cc([N+](=O)[O-])c(NN)s1. The number of nitrogen functional groups attached to an aromatic ring is 1. The largest absolute Gasteiger partial charge is 0.310 e. The molecule has 1 aromatic rings. The van der Waals surface area contributed by atoms with Crippen LogP contribution in [0.2, 0.25) is 0 Å². The first-order valence-corrected chi connectivity index (χ1v) is 9.77. The van der Waals surface area contributed by atoms with Crippen LogP contribution in [0.5, 0.6) is 0 Å². The molecule has 21 heavy (non-hydrogen) atoms. The fourth-order valence-electron chi connectivity index (χ4n) is 2.33. The number of hydrazine groups is 1. The van der Waals surface area contributed by atoms with Crippen molar-refractivity contribution in [3.05, 3.63) is 16.2 Å². The van der Waals surface area contributed by atoms with Crippen LogP contribution in [0, 0.1) is 10.1 Å². The summed E-state index contributed by atoms with van der Waals surface area (Å²) in [6.07, 6.45) is 4.66. The average molecular weight is 352 g/mol. The molecule has 2 unspecified atom stereocenters. The van der Waals surface area contributed by atoms with Crippen molar-refractivity contribution in [2.45, 2.75) is 34.8 Å². The lowest BCUT2D eigenvalue weighted by molar-refractivity contribution is -0.383. The highest BCUT2D eigenvalue weighted by molar-refractivity contribution is 7.99. The van der Waals surface area contributed by atoms with E-state index in [4.69, 9.17) is 5.84 Å². The predicted octanol–water partition coefficient (Wildman–Crippen LogP) is 1.50. The zero-order chi connectivity index (χ0) is 15.6. The van der Waals surface area contributed by atoms with Gasteiger partial charge in [0.15, 0.2) is 5.00 Å². The molecule has 0 spiro atoms. The van der Waals surface area contributed by atoms with E-state index in [9.17, 15) is 18.5 Å². The lowest BCUT2D eigenvalue weighted by atomic mass is 10.3. The van der Waals surface area contributed by atoms with Gasteiger partial charge in [-0.2, -0.15) is 11.8 Å². The summed E-state index contributed by atoms with van der Waals surface area (Å²) < 4.78 is 27.2. The van der Waals surface area contributed by atoms with Crippen molar-refractivity contribution in [1.82, 2.24) is 4.72 Å². The standard InChI is InChI=1S/C10H16N4O4S3/c1-19-8-4-2-3-6(8)13-21(17,18)9-5-7(14(15)16)10(12-11)20-9/h5-6,8,12-13H,2-4,11H2,1H3.